The number of methoxy groups -OCH3 is 1. The zero-order chi connectivity index (χ0) is 16.6. The molecule has 3 rings (SSSR count). The molecule has 0 spiro atoms. The predicted octanol–water partition coefficient (Wildman–Crippen LogP) is 4.23. The first-order valence-corrected chi connectivity index (χ1v) is 8.80. The molecule has 24 heavy (non-hydrogen) atoms. The van der Waals surface area contributed by atoms with E-state index < -0.39 is 0 Å². The van der Waals surface area contributed by atoms with Gasteiger partial charge in [0.2, 0.25) is 5.95 Å². The minimum absolute atomic E-state index is 0.504. The molecule has 1 aliphatic rings. The first kappa shape index (κ1) is 16.6. The van der Waals surface area contributed by atoms with Crippen LogP contribution >= 0.6 is 0 Å². The van der Waals surface area contributed by atoms with Crippen molar-refractivity contribution in [3.05, 3.63) is 42.1 Å². The molecule has 1 fully saturated rings. The lowest BCUT2D eigenvalue weighted by Gasteiger charge is -2.16. The quantitative estimate of drug-likeness (QED) is 0.778. The lowest BCUT2D eigenvalue weighted by atomic mass is 10.1. The Morgan fingerprint density at radius 1 is 1.04 bits per heavy atom. The molecule has 0 amide bonds. The summed E-state index contributed by atoms with van der Waals surface area (Å²) in [6, 6.07) is 10.5. The SMILES string of the molecule is COc1ccc(CNc2ccnc(NC3CCCCCC3)n2)cc1. The van der Waals surface area contributed by atoms with E-state index in [1.165, 1.54) is 44.1 Å². The van der Waals surface area contributed by atoms with E-state index in [1.807, 2.05) is 24.4 Å². The van der Waals surface area contributed by atoms with Crippen LogP contribution in [0.4, 0.5) is 11.8 Å². The zero-order valence-electron chi connectivity index (χ0n) is 14.3. The number of benzene rings is 1. The Bertz CT molecular complexity index is 622. The molecule has 0 saturated heterocycles. The number of nitrogens with zero attached hydrogens (tertiary/aromatic N) is 2. The molecule has 128 valence electrons. The smallest absolute Gasteiger partial charge is 0.224 e. The van der Waals surface area contributed by atoms with Crippen LogP contribution in [0.2, 0.25) is 0 Å². The van der Waals surface area contributed by atoms with Gasteiger partial charge in [0.15, 0.2) is 0 Å². The van der Waals surface area contributed by atoms with Gasteiger partial charge in [-0.3, -0.25) is 0 Å². The van der Waals surface area contributed by atoms with Crippen LogP contribution in [-0.4, -0.2) is 23.1 Å². The second-order valence-electron chi connectivity index (χ2n) is 6.30. The molecule has 0 unspecified atom stereocenters. The third-order valence-electron chi connectivity index (χ3n) is 4.48. The van der Waals surface area contributed by atoms with Crippen LogP contribution in [0.15, 0.2) is 36.5 Å². The number of nitrogens with one attached hydrogen (secondary N) is 2. The predicted molar refractivity (Wildman–Crippen MR) is 97.5 cm³/mol. The van der Waals surface area contributed by atoms with Gasteiger partial charge in [-0.15, -0.1) is 0 Å². The summed E-state index contributed by atoms with van der Waals surface area (Å²) < 4.78 is 5.18. The van der Waals surface area contributed by atoms with Crippen molar-refractivity contribution >= 4 is 11.8 Å². The largest absolute Gasteiger partial charge is 0.497 e. The van der Waals surface area contributed by atoms with Gasteiger partial charge in [0.05, 0.1) is 7.11 Å². The Kier molecular flexibility index (Phi) is 5.88. The highest BCUT2D eigenvalue weighted by molar-refractivity contribution is 5.41. The van der Waals surface area contributed by atoms with Crippen LogP contribution in [0.5, 0.6) is 5.75 Å². The second kappa shape index (κ2) is 8.52. The van der Waals surface area contributed by atoms with Crippen molar-refractivity contribution in [3.63, 3.8) is 0 Å². The Morgan fingerprint density at radius 2 is 1.79 bits per heavy atom. The molecule has 0 radical (unpaired) electrons. The molecule has 0 bridgehead atoms. The number of hydrogen-bond acceptors (Lipinski definition) is 5. The fourth-order valence-electron chi connectivity index (χ4n) is 3.07. The third-order valence-corrected chi connectivity index (χ3v) is 4.48. The van der Waals surface area contributed by atoms with Gasteiger partial charge in [0.1, 0.15) is 11.6 Å². The molecule has 5 nitrogen and oxygen atoms in total. The van der Waals surface area contributed by atoms with Gasteiger partial charge in [-0.05, 0) is 36.6 Å². The number of hydrogen-bond donors (Lipinski definition) is 2. The van der Waals surface area contributed by atoms with Gasteiger partial charge in [0, 0.05) is 18.8 Å². The Labute approximate surface area is 143 Å². The van der Waals surface area contributed by atoms with E-state index in [9.17, 15) is 0 Å². The molecular weight excluding hydrogens is 300 g/mol. The molecule has 1 aliphatic carbocycles. The monoisotopic (exact) mass is 326 g/mol. The molecule has 2 N–H and O–H groups in total. The van der Waals surface area contributed by atoms with E-state index in [1.54, 1.807) is 7.11 Å². The van der Waals surface area contributed by atoms with E-state index in [0.717, 1.165) is 24.1 Å². The highest BCUT2D eigenvalue weighted by atomic mass is 16.5. The minimum Gasteiger partial charge on any atom is -0.497 e. The van der Waals surface area contributed by atoms with E-state index in [4.69, 9.17) is 4.74 Å². The second-order valence-corrected chi connectivity index (χ2v) is 6.30. The van der Waals surface area contributed by atoms with Gasteiger partial charge in [-0.25, -0.2) is 4.98 Å². The van der Waals surface area contributed by atoms with Crippen molar-refractivity contribution in [1.82, 2.24) is 9.97 Å². The third kappa shape index (κ3) is 4.85. The summed E-state index contributed by atoms with van der Waals surface area (Å²) in [5.74, 6) is 2.44. The fraction of sp³-hybridized carbons (Fsp3) is 0.474. The summed E-state index contributed by atoms with van der Waals surface area (Å²) in [5.41, 5.74) is 1.19. The molecule has 1 saturated carbocycles. The van der Waals surface area contributed by atoms with E-state index in [-0.39, 0.29) is 0 Å². The van der Waals surface area contributed by atoms with Crippen LogP contribution in [0.3, 0.4) is 0 Å². The maximum Gasteiger partial charge on any atom is 0.224 e. The first-order valence-electron chi connectivity index (χ1n) is 8.80. The van der Waals surface area contributed by atoms with Crippen molar-refractivity contribution in [2.75, 3.05) is 17.7 Å². The molecule has 1 aromatic heterocycles. The van der Waals surface area contributed by atoms with Crippen LogP contribution in [0.1, 0.15) is 44.1 Å². The average Bonchev–Trinajstić information content (AvgIpc) is 2.89. The van der Waals surface area contributed by atoms with E-state index in [0.29, 0.717) is 6.04 Å². The lowest BCUT2D eigenvalue weighted by molar-refractivity contribution is 0.414. The molecule has 5 heteroatoms. The highest BCUT2D eigenvalue weighted by Crippen LogP contribution is 2.20. The summed E-state index contributed by atoms with van der Waals surface area (Å²) in [5, 5.41) is 6.85. The number of ether oxygens (including phenoxy) is 1. The molecule has 1 aromatic carbocycles. The van der Waals surface area contributed by atoms with Crippen molar-refractivity contribution in [1.29, 1.82) is 0 Å². The van der Waals surface area contributed by atoms with Gasteiger partial charge < -0.3 is 15.4 Å². The number of aromatic nitrogens is 2. The van der Waals surface area contributed by atoms with Crippen molar-refractivity contribution in [2.45, 2.75) is 51.1 Å². The van der Waals surface area contributed by atoms with Gasteiger partial charge in [0.25, 0.3) is 0 Å². The maximum atomic E-state index is 5.18. The molecule has 0 aliphatic heterocycles. The summed E-state index contributed by atoms with van der Waals surface area (Å²) in [4.78, 5) is 8.95. The summed E-state index contributed by atoms with van der Waals surface area (Å²) in [7, 11) is 1.68. The van der Waals surface area contributed by atoms with E-state index >= 15 is 0 Å². The Balaban J connectivity index is 1.55. The van der Waals surface area contributed by atoms with Crippen molar-refractivity contribution in [3.8, 4) is 5.75 Å². The lowest BCUT2D eigenvalue weighted by Crippen LogP contribution is -2.20. The topological polar surface area (TPSA) is 59.1 Å². The zero-order valence-corrected chi connectivity index (χ0v) is 14.3. The minimum atomic E-state index is 0.504. The Hall–Kier alpha value is -2.30. The maximum absolute atomic E-state index is 5.18. The summed E-state index contributed by atoms with van der Waals surface area (Å²) in [6.07, 6.45) is 9.53. The molecule has 0 atom stereocenters. The number of rotatable bonds is 6. The highest BCUT2D eigenvalue weighted by Gasteiger charge is 2.13. The average molecular weight is 326 g/mol. The van der Waals surface area contributed by atoms with Crippen LogP contribution in [0.25, 0.3) is 0 Å². The number of anilines is 2. The fourth-order valence-corrected chi connectivity index (χ4v) is 3.07. The van der Waals surface area contributed by atoms with Crippen LogP contribution < -0.4 is 15.4 Å². The molecular formula is C19H26N4O. The van der Waals surface area contributed by atoms with Gasteiger partial charge in [-0.1, -0.05) is 37.8 Å². The first-order chi connectivity index (χ1) is 11.8. The van der Waals surface area contributed by atoms with Crippen LogP contribution in [0, 0.1) is 0 Å². The molecule has 2 aromatic rings. The van der Waals surface area contributed by atoms with Gasteiger partial charge in [-0.2, -0.15) is 4.98 Å². The van der Waals surface area contributed by atoms with Gasteiger partial charge >= 0.3 is 0 Å². The normalized spacial score (nSPS) is 15.5. The molecule has 1 heterocycles. The summed E-state index contributed by atoms with van der Waals surface area (Å²) in [6.45, 7) is 0.726. The van der Waals surface area contributed by atoms with E-state index in [2.05, 4.69) is 32.7 Å². The standard InChI is InChI=1S/C19H26N4O/c1-24-17-10-8-15(9-11-17)14-21-18-12-13-20-19(23-18)22-16-6-4-2-3-5-7-16/h8-13,16H,2-7,14H2,1H3,(H2,20,21,22,23). The van der Waals surface area contributed by atoms with Crippen LogP contribution in [-0.2, 0) is 6.54 Å². The Morgan fingerprint density at radius 3 is 2.50 bits per heavy atom. The van der Waals surface area contributed by atoms with Crippen molar-refractivity contribution in [2.24, 2.45) is 0 Å². The van der Waals surface area contributed by atoms with Crippen molar-refractivity contribution < 1.29 is 4.74 Å². The summed E-state index contributed by atoms with van der Waals surface area (Å²) >= 11 is 0.